The summed E-state index contributed by atoms with van der Waals surface area (Å²) >= 11 is 0. The predicted molar refractivity (Wildman–Crippen MR) is 75.9 cm³/mol. The van der Waals surface area contributed by atoms with Crippen LogP contribution in [0.3, 0.4) is 0 Å². The molecule has 5 nitrogen and oxygen atoms in total. The Morgan fingerprint density at radius 2 is 1.85 bits per heavy atom. The van der Waals surface area contributed by atoms with E-state index in [4.69, 9.17) is 9.84 Å². The van der Waals surface area contributed by atoms with Crippen LogP contribution in [0.15, 0.2) is 24.3 Å². The number of rotatable bonds is 5. The molecule has 0 atom stereocenters. The molecule has 0 aliphatic carbocycles. The highest BCUT2D eigenvalue weighted by molar-refractivity contribution is 5.82. The van der Waals surface area contributed by atoms with Gasteiger partial charge in [-0.05, 0) is 17.0 Å². The number of para-hydroxylation sites is 1. The number of benzene rings is 1. The maximum Gasteiger partial charge on any atom is 0.323 e. The number of likely N-dealkylation sites (N-methyl/N-ethyl adjacent to an activating group) is 1. The molecule has 0 aliphatic rings. The highest BCUT2D eigenvalue weighted by Crippen LogP contribution is 2.30. The van der Waals surface area contributed by atoms with E-state index in [2.05, 4.69) is 20.8 Å². The Morgan fingerprint density at radius 3 is 2.40 bits per heavy atom. The molecule has 20 heavy (non-hydrogen) atoms. The minimum atomic E-state index is -1.05. The number of carbonyl (C=O) groups excluding carboxylic acids is 1. The van der Waals surface area contributed by atoms with Crippen LogP contribution in [0, 0.1) is 0 Å². The molecule has 1 aromatic rings. The lowest BCUT2D eigenvalue weighted by molar-refractivity contribution is -0.144. The molecule has 1 amide bonds. The normalized spacial score (nSPS) is 11.0. The second-order valence-corrected chi connectivity index (χ2v) is 5.68. The summed E-state index contributed by atoms with van der Waals surface area (Å²) < 4.78 is 5.54. The maximum absolute atomic E-state index is 11.8. The van der Waals surface area contributed by atoms with Crippen molar-refractivity contribution >= 4 is 11.9 Å². The monoisotopic (exact) mass is 279 g/mol. The molecule has 0 aromatic heterocycles. The fourth-order valence-electron chi connectivity index (χ4n) is 1.75. The number of aliphatic carboxylic acids is 1. The Bertz CT molecular complexity index is 491. The van der Waals surface area contributed by atoms with Gasteiger partial charge in [-0.15, -0.1) is 0 Å². The van der Waals surface area contributed by atoms with E-state index in [9.17, 15) is 9.59 Å². The first-order chi connectivity index (χ1) is 9.21. The van der Waals surface area contributed by atoms with Crippen molar-refractivity contribution in [2.24, 2.45) is 0 Å². The van der Waals surface area contributed by atoms with E-state index in [1.165, 1.54) is 7.05 Å². The van der Waals surface area contributed by atoms with Crippen LogP contribution in [0.2, 0.25) is 0 Å². The van der Waals surface area contributed by atoms with Crippen LogP contribution in [0.5, 0.6) is 5.75 Å². The lowest BCUT2D eigenvalue weighted by atomic mass is 9.86. The molecule has 0 unspecified atom stereocenters. The van der Waals surface area contributed by atoms with Crippen molar-refractivity contribution in [2.45, 2.75) is 26.2 Å². The van der Waals surface area contributed by atoms with Gasteiger partial charge < -0.3 is 14.7 Å². The molecule has 1 aromatic carbocycles. The Balaban J connectivity index is 2.71. The summed E-state index contributed by atoms with van der Waals surface area (Å²) in [6.45, 7) is 5.69. The van der Waals surface area contributed by atoms with Crippen LogP contribution in [-0.4, -0.2) is 42.1 Å². The fourth-order valence-corrected chi connectivity index (χ4v) is 1.75. The van der Waals surface area contributed by atoms with Crippen molar-refractivity contribution in [1.82, 2.24) is 4.90 Å². The maximum atomic E-state index is 11.8. The molecule has 0 radical (unpaired) electrons. The molecule has 0 aliphatic heterocycles. The summed E-state index contributed by atoms with van der Waals surface area (Å²) in [6.07, 6.45) is 0. The third kappa shape index (κ3) is 4.57. The first-order valence-electron chi connectivity index (χ1n) is 6.40. The van der Waals surface area contributed by atoms with Gasteiger partial charge >= 0.3 is 5.97 Å². The van der Waals surface area contributed by atoms with E-state index in [1.54, 1.807) is 0 Å². The second-order valence-electron chi connectivity index (χ2n) is 5.68. The Labute approximate surface area is 119 Å². The minimum absolute atomic E-state index is 0.0907. The van der Waals surface area contributed by atoms with E-state index < -0.39 is 5.97 Å². The quantitative estimate of drug-likeness (QED) is 0.894. The van der Waals surface area contributed by atoms with Gasteiger partial charge in [0.25, 0.3) is 5.91 Å². The third-order valence-corrected chi connectivity index (χ3v) is 2.84. The fraction of sp³-hybridized carbons (Fsp3) is 0.467. The average Bonchev–Trinajstić information content (AvgIpc) is 2.34. The van der Waals surface area contributed by atoms with Gasteiger partial charge in [0.05, 0.1) is 0 Å². The number of nitrogens with zero attached hydrogens (tertiary/aromatic N) is 1. The van der Waals surface area contributed by atoms with Crippen molar-refractivity contribution in [1.29, 1.82) is 0 Å². The van der Waals surface area contributed by atoms with Crippen LogP contribution < -0.4 is 4.74 Å². The third-order valence-electron chi connectivity index (χ3n) is 2.84. The van der Waals surface area contributed by atoms with E-state index in [1.807, 2.05) is 24.3 Å². The molecule has 0 heterocycles. The number of ether oxygens (including phenoxy) is 1. The molecule has 1 rings (SSSR count). The molecular weight excluding hydrogens is 258 g/mol. The van der Waals surface area contributed by atoms with E-state index in [-0.39, 0.29) is 24.5 Å². The Hall–Kier alpha value is -2.04. The van der Waals surface area contributed by atoms with Gasteiger partial charge in [0.2, 0.25) is 0 Å². The van der Waals surface area contributed by atoms with E-state index in [0.29, 0.717) is 5.75 Å². The molecule has 0 spiro atoms. The molecule has 110 valence electrons. The van der Waals surface area contributed by atoms with Crippen LogP contribution in [0.4, 0.5) is 0 Å². The second kappa shape index (κ2) is 6.41. The lowest BCUT2D eigenvalue weighted by Crippen LogP contribution is -2.35. The Morgan fingerprint density at radius 1 is 1.25 bits per heavy atom. The molecule has 0 bridgehead atoms. The van der Waals surface area contributed by atoms with E-state index >= 15 is 0 Å². The molecule has 0 saturated heterocycles. The zero-order valence-electron chi connectivity index (χ0n) is 12.3. The van der Waals surface area contributed by atoms with Gasteiger partial charge in [0, 0.05) is 7.05 Å². The number of hydrogen-bond acceptors (Lipinski definition) is 3. The largest absolute Gasteiger partial charge is 0.483 e. The van der Waals surface area contributed by atoms with Gasteiger partial charge in [-0.3, -0.25) is 9.59 Å². The molecule has 5 heteroatoms. The van der Waals surface area contributed by atoms with Gasteiger partial charge in [-0.25, -0.2) is 0 Å². The van der Waals surface area contributed by atoms with Crippen LogP contribution >= 0.6 is 0 Å². The van der Waals surface area contributed by atoms with Gasteiger partial charge in [0.15, 0.2) is 6.61 Å². The average molecular weight is 279 g/mol. The van der Waals surface area contributed by atoms with Crippen LogP contribution in [0.1, 0.15) is 26.3 Å². The van der Waals surface area contributed by atoms with Gasteiger partial charge in [-0.1, -0.05) is 39.0 Å². The van der Waals surface area contributed by atoms with Crippen LogP contribution in [0.25, 0.3) is 0 Å². The minimum Gasteiger partial charge on any atom is -0.483 e. The first kappa shape index (κ1) is 16.0. The number of carboxylic acids is 1. The van der Waals surface area contributed by atoms with Gasteiger partial charge in [-0.2, -0.15) is 0 Å². The summed E-state index contributed by atoms with van der Waals surface area (Å²) in [7, 11) is 1.44. The van der Waals surface area contributed by atoms with Crippen molar-refractivity contribution in [3.63, 3.8) is 0 Å². The smallest absolute Gasteiger partial charge is 0.323 e. The molecule has 0 saturated carbocycles. The van der Waals surface area contributed by atoms with E-state index in [0.717, 1.165) is 10.5 Å². The topological polar surface area (TPSA) is 66.8 Å². The number of amides is 1. The van der Waals surface area contributed by atoms with Crippen LogP contribution in [-0.2, 0) is 15.0 Å². The first-order valence-corrected chi connectivity index (χ1v) is 6.40. The SMILES string of the molecule is CN(CC(=O)O)C(=O)COc1ccccc1C(C)(C)C. The standard InChI is InChI=1S/C15H21NO4/c1-15(2,3)11-7-5-6-8-12(11)20-10-13(17)16(4)9-14(18)19/h5-8H,9-10H2,1-4H3,(H,18,19). The number of carboxylic acid groups (broad SMARTS) is 1. The van der Waals surface area contributed by atoms with Crippen molar-refractivity contribution in [3.8, 4) is 5.75 Å². The summed E-state index contributed by atoms with van der Waals surface area (Å²) in [4.78, 5) is 23.4. The lowest BCUT2D eigenvalue weighted by Gasteiger charge is -2.23. The zero-order chi connectivity index (χ0) is 15.3. The highest BCUT2D eigenvalue weighted by atomic mass is 16.5. The zero-order valence-corrected chi connectivity index (χ0v) is 12.3. The van der Waals surface area contributed by atoms with Crippen molar-refractivity contribution < 1.29 is 19.4 Å². The number of carbonyl (C=O) groups is 2. The number of hydrogen-bond donors (Lipinski definition) is 1. The summed E-state index contributed by atoms with van der Waals surface area (Å²) in [5, 5.41) is 8.63. The Kier molecular flexibility index (Phi) is 5.13. The summed E-state index contributed by atoms with van der Waals surface area (Å²) in [6, 6.07) is 7.54. The molecular formula is C15H21NO4. The van der Waals surface area contributed by atoms with Gasteiger partial charge in [0.1, 0.15) is 12.3 Å². The highest BCUT2D eigenvalue weighted by Gasteiger charge is 2.19. The molecule has 0 fully saturated rings. The van der Waals surface area contributed by atoms with Crippen molar-refractivity contribution in [2.75, 3.05) is 20.2 Å². The van der Waals surface area contributed by atoms with Crippen molar-refractivity contribution in [3.05, 3.63) is 29.8 Å². The predicted octanol–water partition coefficient (Wildman–Crippen LogP) is 1.91. The summed E-state index contributed by atoms with van der Waals surface area (Å²) in [5.74, 6) is -0.760. The summed E-state index contributed by atoms with van der Waals surface area (Å²) in [5.41, 5.74) is 0.917. The molecule has 1 N–H and O–H groups in total.